The van der Waals surface area contributed by atoms with Crippen LogP contribution in [0.2, 0.25) is 0 Å². The molecule has 0 fully saturated rings. The number of aromatic nitrogens is 4. The summed E-state index contributed by atoms with van der Waals surface area (Å²) in [5.74, 6) is -0.955. The van der Waals surface area contributed by atoms with E-state index in [0.717, 1.165) is 0 Å². The largest absolute Gasteiger partial charge is 0.505 e. The van der Waals surface area contributed by atoms with E-state index in [0.29, 0.717) is 17.1 Å². The molecular weight excluding hydrogens is 374 g/mol. The van der Waals surface area contributed by atoms with E-state index < -0.39 is 5.91 Å². The summed E-state index contributed by atoms with van der Waals surface area (Å²) < 4.78 is 1.24. The lowest BCUT2D eigenvalue weighted by atomic mass is 10.0. The molecule has 2 aromatic heterocycles. The number of carbonyl (C=O) groups is 2. The number of nitrogens with zero attached hydrogens (tertiary/aromatic N) is 6. The van der Waals surface area contributed by atoms with Gasteiger partial charge in [0.1, 0.15) is 11.3 Å². The molecule has 10 heteroatoms. The minimum absolute atomic E-state index is 0.00320. The number of aldehydes is 1. The van der Waals surface area contributed by atoms with E-state index in [9.17, 15) is 14.7 Å². The minimum atomic E-state index is -0.767. The van der Waals surface area contributed by atoms with Crippen molar-refractivity contribution in [1.29, 1.82) is 0 Å². The van der Waals surface area contributed by atoms with Gasteiger partial charge in [0, 0.05) is 24.0 Å². The third kappa shape index (κ3) is 3.30. The molecule has 0 radical (unpaired) electrons. The fraction of sp³-hybridized carbons (Fsp3) is 0. The number of hydrogen-bond donors (Lipinski definition) is 2. The number of benzene rings is 2. The van der Waals surface area contributed by atoms with E-state index in [4.69, 9.17) is 5.73 Å². The van der Waals surface area contributed by atoms with Crippen LogP contribution in [0, 0.1) is 0 Å². The van der Waals surface area contributed by atoms with Crippen molar-refractivity contribution in [3.63, 3.8) is 0 Å². The summed E-state index contributed by atoms with van der Waals surface area (Å²) in [6.45, 7) is 0. The van der Waals surface area contributed by atoms with Crippen molar-refractivity contribution in [2.75, 3.05) is 0 Å². The lowest BCUT2D eigenvalue weighted by molar-refractivity contribution is 0.100. The number of carbonyl (C=O) groups excluding carboxylic acids is 2. The van der Waals surface area contributed by atoms with Crippen molar-refractivity contribution in [2.24, 2.45) is 16.0 Å². The van der Waals surface area contributed by atoms with Gasteiger partial charge in [-0.15, -0.1) is 15.3 Å². The number of fused-ring (bicyclic) bond motifs is 1. The van der Waals surface area contributed by atoms with Gasteiger partial charge in [0.15, 0.2) is 12.0 Å². The molecule has 0 bridgehead atoms. The van der Waals surface area contributed by atoms with Gasteiger partial charge >= 0.3 is 0 Å². The number of primary amides is 1. The summed E-state index contributed by atoms with van der Waals surface area (Å²) in [7, 11) is 0. The van der Waals surface area contributed by atoms with Crippen LogP contribution in [0.25, 0.3) is 16.7 Å². The quantitative estimate of drug-likeness (QED) is 0.397. The van der Waals surface area contributed by atoms with Crippen LogP contribution in [-0.2, 0) is 0 Å². The second kappa shape index (κ2) is 7.27. The maximum absolute atomic E-state index is 11.8. The molecule has 142 valence electrons. The SMILES string of the molecule is NC(=O)c1cn(-c2ncccn2)nc1/N=N/c1c(O)c(C=O)cc2ccccc12. The number of amides is 1. The van der Waals surface area contributed by atoms with Gasteiger partial charge in [0.05, 0.1) is 5.56 Å². The van der Waals surface area contributed by atoms with Gasteiger partial charge in [0.2, 0.25) is 5.82 Å². The Kier molecular flexibility index (Phi) is 4.49. The van der Waals surface area contributed by atoms with Crippen LogP contribution in [0.15, 0.2) is 65.2 Å². The first-order valence-electron chi connectivity index (χ1n) is 8.37. The number of phenolic OH excluding ortho intramolecular Hbond substituents is 1. The standard InChI is InChI=1S/C19H13N7O3/c20-17(29)14-9-26(19-21-6-3-7-22-19)25-18(14)24-23-15-13-5-2-1-4-11(13)8-12(10-27)16(15)28/h1-10,28H,(H2,20,29)/b24-23+. The van der Waals surface area contributed by atoms with Gasteiger partial charge in [-0.25, -0.2) is 14.6 Å². The second-order valence-corrected chi connectivity index (χ2v) is 5.93. The molecule has 0 saturated heterocycles. The first-order valence-corrected chi connectivity index (χ1v) is 8.37. The van der Waals surface area contributed by atoms with E-state index in [1.54, 1.807) is 36.4 Å². The predicted octanol–water partition coefficient (Wildman–Crippen LogP) is 2.85. The first-order chi connectivity index (χ1) is 14.1. The Morgan fingerprint density at radius 2 is 1.90 bits per heavy atom. The maximum Gasteiger partial charge on any atom is 0.254 e. The molecule has 2 heterocycles. The molecule has 10 nitrogen and oxygen atoms in total. The molecule has 2 aromatic carbocycles. The number of phenols is 1. The van der Waals surface area contributed by atoms with Gasteiger partial charge in [-0.1, -0.05) is 24.3 Å². The smallest absolute Gasteiger partial charge is 0.254 e. The van der Waals surface area contributed by atoms with Crippen molar-refractivity contribution >= 4 is 34.5 Å². The summed E-state index contributed by atoms with van der Waals surface area (Å²) in [6.07, 6.45) is 4.90. The Hall–Kier alpha value is -4.47. The summed E-state index contributed by atoms with van der Waals surface area (Å²) >= 11 is 0. The Labute approximate surface area is 163 Å². The van der Waals surface area contributed by atoms with Gasteiger partial charge in [-0.05, 0) is 17.5 Å². The topological polar surface area (TPSA) is 149 Å². The number of azo groups is 1. The van der Waals surface area contributed by atoms with Crippen LogP contribution in [-0.4, -0.2) is 37.0 Å². The number of aromatic hydroxyl groups is 1. The molecular formula is C19H13N7O3. The highest BCUT2D eigenvalue weighted by Crippen LogP contribution is 2.38. The number of hydrogen-bond acceptors (Lipinski definition) is 8. The fourth-order valence-electron chi connectivity index (χ4n) is 2.75. The Balaban J connectivity index is 1.84. The van der Waals surface area contributed by atoms with Crippen LogP contribution < -0.4 is 5.73 Å². The van der Waals surface area contributed by atoms with Crippen LogP contribution >= 0.6 is 0 Å². The third-order valence-electron chi connectivity index (χ3n) is 4.11. The molecule has 0 spiro atoms. The van der Waals surface area contributed by atoms with Crippen molar-refractivity contribution < 1.29 is 14.7 Å². The van der Waals surface area contributed by atoms with Crippen LogP contribution in [0.1, 0.15) is 20.7 Å². The summed E-state index contributed by atoms with van der Waals surface area (Å²) in [6, 6.07) is 10.2. The highest BCUT2D eigenvalue weighted by atomic mass is 16.3. The van der Waals surface area contributed by atoms with E-state index >= 15 is 0 Å². The number of rotatable bonds is 5. The highest BCUT2D eigenvalue weighted by molar-refractivity contribution is 6.01. The zero-order valence-electron chi connectivity index (χ0n) is 14.8. The Morgan fingerprint density at radius 3 is 2.62 bits per heavy atom. The Morgan fingerprint density at radius 1 is 1.14 bits per heavy atom. The first kappa shape index (κ1) is 17.9. The molecule has 0 unspecified atom stereocenters. The lowest BCUT2D eigenvalue weighted by Gasteiger charge is -2.06. The zero-order chi connectivity index (χ0) is 20.4. The molecule has 1 amide bonds. The molecule has 0 aliphatic heterocycles. The Bertz CT molecular complexity index is 1270. The molecule has 29 heavy (non-hydrogen) atoms. The lowest BCUT2D eigenvalue weighted by Crippen LogP contribution is -2.10. The molecule has 0 aliphatic carbocycles. The average Bonchev–Trinajstić information content (AvgIpc) is 3.18. The van der Waals surface area contributed by atoms with Crippen LogP contribution in [0.4, 0.5) is 11.5 Å². The zero-order valence-corrected chi connectivity index (χ0v) is 14.8. The summed E-state index contributed by atoms with van der Waals surface area (Å²) in [5.41, 5.74) is 5.55. The van der Waals surface area contributed by atoms with Crippen molar-refractivity contribution in [3.05, 3.63) is 66.1 Å². The van der Waals surface area contributed by atoms with Gasteiger partial charge < -0.3 is 10.8 Å². The van der Waals surface area contributed by atoms with Crippen LogP contribution in [0.5, 0.6) is 5.75 Å². The maximum atomic E-state index is 11.8. The molecule has 4 rings (SSSR count). The minimum Gasteiger partial charge on any atom is -0.505 e. The van der Waals surface area contributed by atoms with E-state index in [1.807, 2.05) is 0 Å². The fourth-order valence-corrected chi connectivity index (χ4v) is 2.75. The molecule has 0 aliphatic rings. The summed E-state index contributed by atoms with van der Waals surface area (Å²) in [4.78, 5) is 31.2. The second-order valence-electron chi connectivity index (χ2n) is 5.93. The molecule has 0 saturated carbocycles. The molecule has 3 N–H and O–H groups in total. The third-order valence-corrected chi connectivity index (χ3v) is 4.11. The van der Waals surface area contributed by atoms with Gasteiger partial charge in [-0.3, -0.25) is 9.59 Å². The van der Waals surface area contributed by atoms with Gasteiger partial charge in [0.25, 0.3) is 11.9 Å². The van der Waals surface area contributed by atoms with Crippen molar-refractivity contribution in [2.45, 2.75) is 0 Å². The highest BCUT2D eigenvalue weighted by Gasteiger charge is 2.17. The van der Waals surface area contributed by atoms with E-state index in [1.165, 1.54) is 23.3 Å². The monoisotopic (exact) mass is 387 g/mol. The predicted molar refractivity (Wildman–Crippen MR) is 103 cm³/mol. The average molecular weight is 387 g/mol. The van der Waals surface area contributed by atoms with E-state index in [2.05, 4.69) is 25.3 Å². The van der Waals surface area contributed by atoms with Crippen molar-refractivity contribution in [1.82, 2.24) is 19.7 Å². The molecule has 4 aromatic rings. The van der Waals surface area contributed by atoms with E-state index in [-0.39, 0.29) is 34.3 Å². The molecule has 0 atom stereocenters. The van der Waals surface area contributed by atoms with Crippen LogP contribution in [0.3, 0.4) is 0 Å². The van der Waals surface area contributed by atoms with Gasteiger partial charge in [-0.2, -0.15) is 0 Å². The van der Waals surface area contributed by atoms with Crippen molar-refractivity contribution in [3.8, 4) is 11.7 Å². The normalized spacial score (nSPS) is 11.2. The summed E-state index contributed by atoms with van der Waals surface area (Å²) in [5, 5.41) is 23.9. The number of nitrogens with two attached hydrogens (primary N) is 1.